The van der Waals surface area contributed by atoms with Crippen molar-refractivity contribution in [2.75, 3.05) is 14.2 Å². The van der Waals surface area contributed by atoms with Gasteiger partial charge in [0.25, 0.3) is 0 Å². The Morgan fingerprint density at radius 2 is 1.33 bits per heavy atom. The van der Waals surface area contributed by atoms with Crippen LogP contribution in [-0.4, -0.2) is 20.5 Å². The molecule has 0 fully saturated rings. The van der Waals surface area contributed by atoms with Crippen LogP contribution in [0.4, 0.5) is 0 Å². The second-order valence-corrected chi connectivity index (χ2v) is 0.901. The molecule has 9 heavy (non-hydrogen) atoms. The van der Waals surface area contributed by atoms with E-state index in [0.717, 1.165) is 0 Å². The molecule has 0 N–H and O–H groups in total. The number of halogens is 2. The molecule has 0 aromatic carbocycles. The summed E-state index contributed by atoms with van der Waals surface area (Å²) in [7, 11) is 3.09. The summed E-state index contributed by atoms with van der Waals surface area (Å²) in [5, 5.41) is 0. The van der Waals surface area contributed by atoms with Gasteiger partial charge in [0, 0.05) is 20.5 Å². The second kappa shape index (κ2) is 16.2. The van der Waals surface area contributed by atoms with Crippen LogP contribution in [0.1, 0.15) is 0 Å². The Balaban J connectivity index is -0.0000000417. The Bertz CT molecular complexity index is 35.7. The fourth-order valence-corrected chi connectivity index (χ4v) is 0.0962. The van der Waals surface area contributed by atoms with Crippen LogP contribution < -0.4 is 34.0 Å². The summed E-state index contributed by atoms with van der Waals surface area (Å²) in [6.07, 6.45) is -0.315. The van der Waals surface area contributed by atoms with Crippen LogP contribution in [0.15, 0.2) is 0 Å². The van der Waals surface area contributed by atoms with Crippen molar-refractivity contribution < 1.29 is 59.9 Å². The summed E-state index contributed by atoms with van der Waals surface area (Å²) in [6, 6.07) is 0. The minimum absolute atomic E-state index is 0. The Kier molecular flexibility index (Phi) is 40.3. The van der Waals surface area contributed by atoms with Gasteiger partial charge in [0.1, 0.15) is 0 Å². The molecule has 5 heteroatoms. The summed E-state index contributed by atoms with van der Waals surface area (Å²) in [6.45, 7) is 3.43. The van der Waals surface area contributed by atoms with Crippen molar-refractivity contribution in [2.45, 2.75) is 6.29 Å². The van der Waals surface area contributed by atoms with Crippen molar-refractivity contribution in [1.29, 1.82) is 0 Å². The normalized spacial score (nSPS) is 6.67. The molecule has 0 unspecified atom stereocenters. The third-order valence-corrected chi connectivity index (χ3v) is 0.526. The van der Waals surface area contributed by atoms with E-state index >= 15 is 0 Å². The van der Waals surface area contributed by atoms with E-state index in [0.29, 0.717) is 0 Å². The van der Waals surface area contributed by atoms with Crippen LogP contribution in [0.2, 0.25) is 0 Å². The first-order valence-corrected chi connectivity index (χ1v) is 1.70. The quantitative estimate of drug-likeness (QED) is 0.288. The predicted octanol–water partition coefficient (Wildman–Crippen LogP) is -5.56. The fraction of sp³-hybridized carbons (Fsp3) is 0.750. The predicted molar refractivity (Wildman–Crippen MR) is 23.2 cm³/mol. The van der Waals surface area contributed by atoms with Gasteiger partial charge in [0.05, 0.1) is 0 Å². The molecule has 0 spiro atoms. The Hall–Kier alpha value is 1.37. The van der Waals surface area contributed by atoms with Crippen molar-refractivity contribution in [1.82, 2.24) is 0 Å². The van der Waals surface area contributed by atoms with Gasteiger partial charge < -0.3 is 43.4 Å². The van der Waals surface area contributed by atoms with Gasteiger partial charge >= 0.3 is 16.5 Å². The number of ether oxygens (including phenoxy) is 2. The largest absolute Gasteiger partial charge is 3.00 e. The minimum Gasteiger partial charge on any atom is -1.00 e. The number of rotatable bonds is 2. The molecule has 0 rings (SSSR count). The van der Waals surface area contributed by atoms with Crippen molar-refractivity contribution in [2.24, 2.45) is 0 Å². The van der Waals surface area contributed by atoms with Crippen LogP contribution in [0.25, 0.3) is 0 Å². The van der Waals surface area contributed by atoms with Crippen LogP contribution in [0.5, 0.6) is 0 Å². The third kappa shape index (κ3) is 17.6. The molecule has 0 heterocycles. The van der Waals surface area contributed by atoms with Crippen LogP contribution >= 0.6 is 0 Å². The van der Waals surface area contributed by atoms with E-state index in [-0.39, 0.29) is 56.7 Å². The van der Waals surface area contributed by atoms with E-state index in [1.54, 1.807) is 14.2 Å². The van der Waals surface area contributed by atoms with Crippen molar-refractivity contribution in [3.63, 3.8) is 0 Å². The van der Waals surface area contributed by atoms with Gasteiger partial charge in [-0.2, -0.15) is 0 Å². The number of methoxy groups -OCH3 is 2. The zero-order chi connectivity index (χ0) is 4.99. The Morgan fingerprint density at radius 1 is 1.11 bits per heavy atom. The van der Waals surface area contributed by atoms with E-state index < -0.39 is 0 Å². The van der Waals surface area contributed by atoms with Gasteiger partial charge in [-0.1, -0.05) is 0 Å². The molecule has 0 saturated carbocycles. The van der Waals surface area contributed by atoms with Gasteiger partial charge in [-0.25, -0.2) is 0 Å². The maximum absolute atomic E-state index is 4.57. The molecule has 0 atom stereocenters. The zero-order valence-electron chi connectivity index (χ0n) is 5.17. The SMILES string of the molecule is [Br-].[Br-].[CH2-]C(OC)OC.[Ni+3]. The molecule has 0 saturated heterocycles. The Labute approximate surface area is 87.1 Å². The summed E-state index contributed by atoms with van der Waals surface area (Å²) >= 11 is 0. The molecule has 0 bridgehead atoms. The molecule has 0 aromatic rings. The van der Waals surface area contributed by atoms with E-state index in [2.05, 4.69) is 16.4 Å². The molecule has 61 valence electrons. The van der Waals surface area contributed by atoms with E-state index in [9.17, 15) is 0 Å². The maximum atomic E-state index is 4.57. The van der Waals surface area contributed by atoms with Gasteiger partial charge in [0.2, 0.25) is 0 Å². The number of hydrogen-bond donors (Lipinski definition) is 0. The van der Waals surface area contributed by atoms with Crippen LogP contribution in [0.3, 0.4) is 0 Å². The summed E-state index contributed by atoms with van der Waals surface area (Å²) in [5.41, 5.74) is 0. The summed E-state index contributed by atoms with van der Waals surface area (Å²) < 4.78 is 9.13. The Morgan fingerprint density at radius 3 is 1.33 bits per heavy atom. The maximum Gasteiger partial charge on any atom is 3.00 e. The van der Waals surface area contributed by atoms with Crippen LogP contribution in [-0.2, 0) is 26.0 Å². The smallest absolute Gasteiger partial charge is 1.00 e. The average molecular weight is 308 g/mol. The van der Waals surface area contributed by atoms with Gasteiger partial charge in [-0.15, -0.1) is 0 Å². The summed E-state index contributed by atoms with van der Waals surface area (Å²) in [4.78, 5) is 0. The molecule has 1 radical (unpaired) electrons. The molecule has 0 aliphatic rings. The first kappa shape index (κ1) is 22.4. The molecule has 0 amide bonds. The second-order valence-electron chi connectivity index (χ2n) is 0.901. The third-order valence-electron chi connectivity index (χ3n) is 0.526. The van der Waals surface area contributed by atoms with Gasteiger partial charge in [-0.3, -0.25) is 6.92 Å². The monoisotopic (exact) mass is 305 g/mol. The van der Waals surface area contributed by atoms with Crippen molar-refractivity contribution in [3.8, 4) is 0 Å². The fourth-order valence-electron chi connectivity index (χ4n) is 0.0962. The zero-order valence-corrected chi connectivity index (χ0v) is 9.33. The van der Waals surface area contributed by atoms with Crippen molar-refractivity contribution in [3.05, 3.63) is 6.92 Å². The van der Waals surface area contributed by atoms with Crippen LogP contribution in [0, 0.1) is 6.92 Å². The molecular weight excluding hydrogens is 299 g/mol. The van der Waals surface area contributed by atoms with Gasteiger partial charge in [-0.05, 0) is 0 Å². The first-order chi connectivity index (χ1) is 2.81. The standard InChI is InChI=1S/C4H9O2.2BrH.Ni/c1-4(5-2)6-3;;;/h4H,1H2,2-3H3;2*1H;/q-1;;;+3/p-2. The molecule has 0 aliphatic heterocycles. The minimum atomic E-state index is -0.315. The number of hydrogen-bond acceptors (Lipinski definition) is 2. The molecular formula is C4H9Br2NiO2. The van der Waals surface area contributed by atoms with Crippen molar-refractivity contribution >= 4 is 0 Å². The molecule has 0 aliphatic carbocycles. The van der Waals surface area contributed by atoms with E-state index in [1.165, 1.54) is 0 Å². The molecule has 0 aromatic heterocycles. The summed E-state index contributed by atoms with van der Waals surface area (Å²) in [5.74, 6) is 0. The first-order valence-electron chi connectivity index (χ1n) is 1.70. The average Bonchev–Trinajstić information content (AvgIpc) is 1.65. The topological polar surface area (TPSA) is 18.5 Å². The van der Waals surface area contributed by atoms with E-state index in [1.807, 2.05) is 0 Å². The molecule has 2 nitrogen and oxygen atoms in total. The van der Waals surface area contributed by atoms with Gasteiger partial charge in [0.15, 0.2) is 0 Å². The van der Waals surface area contributed by atoms with E-state index in [4.69, 9.17) is 0 Å².